The molecule has 0 aromatic heterocycles. The molecule has 0 radical (unpaired) electrons. The second-order valence-corrected chi connectivity index (χ2v) is 10.1. The fourth-order valence-corrected chi connectivity index (χ4v) is 5.63. The average Bonchev–Trinajstić information content (AvgIpc) is 2.88. The van der Waals surface area contributed by atoms with Crippen molar-refractivity contribution < 1.29 is 9.13 Å². The van der Waals surface area contributed by atoms with E-state index in [1.54, 1.807) is 13.2 Å². The molecule has 2 aliphatic rings. The molecule has 0 saturated carbocycles. The van der Waals surface area contributed by atoms with E-state index in [4.69, 9.17) is 16.3 Å². The van der Waals surface area contributed by atoms with Gasteiger partial charge in [-0.1, -0.05) is 35.9 Å². The van der Waals surface area contributed by atoms with Gasteiger partial charge in [-0.15, -0.1) is 0 Å². The molecule has 1 heterocycles. The van der Waals surface area contributed by atoms with Crippen LogP contribution in [-0.4, -0.2) is 44.2 Å². The average molecular weight is 491 g/mol. The molecular formula is C30H32ClFN2O. The zero-order valence-electron chi connectivity index (χ0n) is 20.7. The Bertz CT molecular complexity index is 1240. The molecule has 1 aliphatic carbocycles. The molecule has 3 aromatic rings. The number of allylic oxidation sites excluding steroid dienone is 1. The van der Waals surface area contributed by atoms with Gasteiger partial charge in [0.15, 0.2) is 0 Å². The van der Waals surface area contributed by atoms with E-state index >= 15 is 0 Å². The highest BCUT2D eigenvalue weighted by molar-refractivity contribution is 6.32. The second kappa shape index (κ2) is 10.0. The lowest BCUT2D eigenvalue weighted by Gasteiger charge is -2.38. The van der Waals surface area contributed by atoms with E-state index in [1.807, 2.05) is 6.07 Å². The number of hydrogen-bond acceptors (Lipinski definition) is 3. The summed E-state index contributed by atoms with van der Waals surface area (Å²) in [5, 5.41) is 0.448. The van der Waals surface area contributed by atoms with Gasteiger partial charge in [0.2, 0.25) is 0 Å². The summed E-state index contributed by atoms with van der Waals surface area (Å²) in [5.41, 5.74) is 8.02. The fourth-order valence-electron chi connectivity index (χ4n) is 5.35. The highest BCUT2D eigenvalue weighted by atomic mass is 35.5. The summed E-state index contributed by atoms with van der Waals surface area (Å²) in [6.07, 6.45) is 1.75. The lowest BCUT2D eigenvalue weighted by Crippen LogP contribution is -2.48. The summed E-state index contributed by atoms with van der Waals surface area (Å²) in [6.45, 7) is 8.78. The molecule has 5 heteroatoms. The van der Waals surface area contributed by atoms with Gasteiger partial charge in [-0.25, -0.2) is 4.39 Å². The highest BCUT2D eigenvalue weighted by Gasteiger charge is 2.24. The largest absolute Gasteiger partial charge is 0.497 e. The Morgan fingerprint density at radius 1 is 0.857 bits per heavy atom. The SMILES string of the molecule is COc1ccc2c(c1)C(c1ccc(N3CCN(C(C)C)CC3)cc1)=C(c1ccc(F)cc1Cl)CC2. The lowest BCUT2D eigenvalue weighted by molar-refractivity contribution is 0.209. The van der Waals surface area contributed by atoms with Gasteiger partial charge in [-0.2, -0.15) is 0 Å². The van der Waals surface area contributed by atoms with Crippen LogP contribution in [0.25, 0.3) is 11.1 Å². The van der Waals surface area contributed by atoms with Crippen LogP contribution in [0.4, 0.5) is 10.1 Å². The third-order valence-electron chi connectivity index (χ3n) is 7.35. The van der Waals surface area contributed by atoms with Crippen molar-refractivity contribution >= 4 is 28.4 Å². The van der Waals surface area contributed by atoms with Crippen LogP contribution in [0.15, 0.2) is 60.7 Å². The number of rotatable bonds is 5. The Morgan fingerprint density at radius 3 is 2.26 bits per heavy atom. The molecule has 182 valence electrons. The molecule has 3 aromatic carbocycles. The summed E-state index contributed by atoms with van der Waals surface area (Å²) in [5.74, 6) is 0.507. The predicted molar refractivity (Wildman–Crippen MR) is 144 cm³/mol. The van der Waals surface area contributed by atoms with E-state index in [9.17, 15) is 4.39 Å². The van der Waals surface area contributed by atoms with E-state index < -0.39 is 0 Å². The zero-order chi connectivity index (χ0) is 24.5. The van der Waals surface area contributed by atoms with Crippen LogP contribution in [0.3, 0.4) is 0 Å². The summed E-state index contributed by atoms with van der Waals surface area (Å²) in [6, 6.07) is 20.5. The lowest BCUT2D eigenvalue weighted by atomic mass is 9.79. The third kappa shape index (κ3) is 4.82. The number of ether oxygens (including phenoxy) is 1. The topological polar surface area (TPSA) is 15.7 Å². The van der Waals surface area contributed by atoms with Gasteiger partial charge in [0.05, 0.1) is 12.1 Å². The summed E-state index contributed by atoms with van der Waals surface area (Å²) in [4.78, 5) is 4.99. The Kier molecular flexibility index (Phi) is 6.86. The normalized spacial score (nSPS) is 16.6. The van der Waals surface area contributed by atoms with E-state index in [0.29, 0.717) is 11.1 Å². The maximum atomic E-state index is 13.8. The van der Waals surface area contributed by atoms with Crippen molar-refractivity contribution in [1.29, 1.82) is 0 Å². The number of aryl methyl sites for hydroxylation is 1. The molecule has 0 N–H and O–H groups in total. The molecule has 0 unspecified atom stereocenters. The van der Waals surface area contributed by atoms with Crippen LogP contribution in [0, 0.1) is 5.82 Å². The number of hydrogen-bond donors (Lipinski definition) is 0. The van der Waals surface area contributed by atoms with Gasteiger partial charge >= 0.3 is 0 Å². The molecule has 0 spiro atoms. The summed E-state index contributed by atoms with van der Waals surface area (Å²) >= 11 is 6.55. The van der Waals surface area contributed by atoms with Gasteiger partial charge in [-0.05, 0) is 96.5 Å². The van der Waals surface area contributed by atoms with Crippen molar-refractivity contribution in [3.8, 4) is 5.75 Å². The monoisotopic (exact) mass is 490 g/mol. The number of halogens is 2. The van der Waals surface area contributed by atoms with Gasteiger partial charge in [-0.3, -0.25) is 4.90 Å². The van der Waals surface area contributed by atoms with Gasteiger partial charge in [0.1, 0.15) is 11.6 Å². The first kappa shape index (κ1) is 23.9. The van der Waals surface area contributed by atoms with Crippen LogP contribution in [0.1, 0.15) is 42.5 Å². The minimum atomic E-state index is -0.319. The first-order valence-electron chi connectivity index (χ1n) is 12.4. The minimum absolute atomic E-state index is 0.319. The quantitative estimate of drug-likeness (QED) is 0.386. The first-order valence-corrected chi connectivity index (χ1v) is 12.8. The van der Waals surface area contributed by atoms with Crippen molar-refractivity contribution in [2.75, 3.05) is 38.2 Å². The Hall–Kier alpha value is -2.82. The predicted octanol–water partition coefficient (Wildman–Crippen LogP) is 6.92. The van der Waals surface area contributed by atoms with Crippen LogP contribution < -0.4 is 9.64 Å². The van der Waals surface area contributed by atoms with Gasteiger partial charge in [0, 0.05) is 37.9 Å². The zero-order valence-corrected chi connectivity index (χ0v) is 21.4. The van der Waals surface area contributed by atoms with Crippen LogP contribution in [0.2, 0.25) is 5.02 Å². The number of anilines is 1. The van der Waals surface area contributed by atoms with Crippen LogP contribution >= 0.6 is 11.6 Å². The number of nitrogens with zero attached hydrogens (tertiary/aromatic N) is 2. The summed E-state index contributed by atoms with van der Waals surface area (Å²) in [7, 11) is 1.69. The van der Waals surface area contributed by atoms with Crippen molar-refractivity contribution in [2.24, 2.45) is 0 Å². The fraction of sp³-hybridized carbons (Fsp3) is 0.333. The number of fused-ring (bicyclic) bond motifs is 1. The number of methoxy groups -OCH3 is 1. The van der Waals surface area contributed by atoms with Crippen molar-refractivity contribution in [2.45, 2.75) is 32.7 Å². The van der Waals surface area contributed by atoms with Crippen molar-refractivity contribution in [1.82, 2.24) is 4.90 Å². The standard InChI is InChI=1S/C30H32ClFN2O/c1-20(2)33-14-16-34(17-15-33)24-9-4-22(5-10-24)30-27(26-13-8-23(32)18-29(26)31)12-7-21-6-11-25(35-3)19-28(21)30/h4-6,8-11,13,18-20H,7,12,14-17H2,1-3H3. The highest BCUT2D eigenvalue weighted by Crippen LogP contribution is 2.44. The molecule has 0 atom stereocenters. The van der Waals surface area contributed by atoms with Crippen LogP contribution in [-0.2, 0) is 6.42 Å². The molecule has 5 rings (SSSR count). The molecule has 0 bridgehead atoms. The minimum Gasteiger partial charge on any atom is -0.497 e. The molecule has 3 nitrogen and oxygen atoms in total. The molecule has 1 fully saturated rings. The van der Waals surface area contributed by atoms with Crippen LogP contribution in [0.5, 0.6) is 5.75 Å². The van der Waals surface area contributed by atoms with E-state index in [2.05, 4.69) is 60.0 Å². The van der Waals surface area contributed by atoms with E-state index in [1.165, 1.54) is 23.4 Å². The number of piperazine rings is 1. The molecule has 0 amide bonds. The molecule has 35 heavy (non-hydrogen) atoms. The maximum Gasteiger partial charge on any atom is 0.124 e. The Balaban J connectivity index is 1.56. The summed E-state index contributed by atoms with van der Waals surface area (Å²) < 4.78 is 19.4. The Labute approximate surface area is 212 Å². The molecule has 1 saturated heterocycles. The van der Waals surface area contributed by atoms with Crippen molar-refractivity contribution in [3.05, 3.63) is 93.8 Å². The van der Waals surface area contributed by atoms with Crippen molar-refractivity contribution in [3.63, 3.8) is 0 Å². The number of benzene rings is 3. The maximum absolute atomic E-state index is 13.8. The smallest absolute Gasteiger partial charge is 0.124 e. The molecule has 1 aliphatic heterocycles. The van der Waals surface area contributed by atoms with Gasteiger partial charge in [0.25, 0.3) is 0 Å². The Morgan fingerprint density at radius 2 is 1.60 bits per heavy atom. The first-order chi connectivity index (χ1) is 16.9. The van der Waals surface area contributed by atoms with Gasteiger partial charge < -0.3 is 9.64 Å². The van der Waals surface area contributed by atoms with E-state index in [0.717, 1.165) is 72.6 Å². The van der Waals surface area contributed by atoms with E-state index in [-0.39, 0.29) is 5.82 Å². The third-order valence-corrected chi connectivity index (χ3v) is 7.67. The second-order valence-electron chi connectivity index (χ2n) is 9.66. The molecular weight excluding hydrogens is 459 g/mol.